The molecule has 0 bridgehead atoms. The largest absolute Gasteiger partial charge is 0.325 e. The van der Waals surface area contributed by atoms with Crippen LogP contribution >= 0.6 is 0 Å². The Balaban J connectivity index is 2.59. The third-order valence-electron chi connectivity index (χ3n) is 4.82. The molecule has 1 heteroatoms. The van der Waals surface area contributed by atoms with Gasteiger partial charge in [-0.2, -0.15) is 0 Å². The third-order valence-corrected chi connectivity index (χ3v) is 4.82. The van der Waals surface area contributed by atoms with Gasteiger partial charge in [-0.15, -0.1) is 0 Å². The van der Waals surface area contributed by atoms with E-state index in [-0.39, 0.29) is 5.54 Å². The summed E-state index contributed by atoms with van der Waals surface area (Å²) < 4.78 is 0. The molecule has 0 saturated heterocycles. The summed E-state index contributed by atoms with van der Waals surface area (Å²) >= 11 is 0. The van der Waals surface area contributed by atoms with Crippen molar-refractivity contribution in [3.63, 3.8) is 0 Å². The van der Waals surface area contributed by atoms with Gasteiger partial charge in [0.05, 0.1) is 0 Å². The van der Waals surface area contributed by atoms with Gasteiger partial charge in [0.1, 0.15) is 0 Å². The fourth-order valence-electron chi connectivity index (χ4n) is 3.43. The standard InChI is InChI=1S/C15H31N/c1-4-8-14-10-12-15(16,6-3)11-7-9-13(14)5-2/h13-14H,4-12,16H2,1-3H3/t13?,14?,15-/m0/s1. The lowest BCUT2D eigenvalue weighted by molar-refractivity contribution is 0.191. The Morgan fingerprint density at radius 2 is 1.81 bits per heavy atom. The molecule has 2 unspecified atom stereocenters. The van der Waals surface area contributed by atoms with E-state index in [0.29, 0.717) is 0 Å². The van der Waals surface area contributed by atoms with Crippen LogP contribution in [0.2, 0.25) is 0 Å². The van der Waals surface area contributed by atoms with Gasteiger partial charge in [-0.05, 0) is 37.5 Å². The molecule has 3 atom stereocenters. The van der Waals surface area contributed by atoms with Crippen molar-refractivity contribution < 1.29 is 0 Å². The van der Waals surface area contributed by atoms with E-state index in [1.807, 2.05) is 0 Å². The van der Waals surface area contributed by atoms with Crippen LogP contribution in [0.5, 0.6) is 0 Å². The van der Waals surface area contributed by atoms with Gasteiger partial charge in [-0.1, -0.05) is 52.9 Å². The fraction of sp³-hybridized carbons (Fsp3) is 1.00. The Morgan fingerprint density at radius 1 is 1.06 bits per heavy atom. The SMILES string of the molecule is CCCC1CC[C@](N)(CC)CCCC1CC. The lowest BCUT2D eigenvalue weighted by Gasteiger charge is -2.36. The average molecular weight is 225 g/mol. The first kappa shape index (κ1) is 14.0. The highest BCUT2D eigenvalue weighted by Gasteiger charge is 2.29. The summed E-state index contributed by atoms with van der Waals surface area (Å²) in [6.45, 7) is 6.94. The molecule has 96 valence electrons. The van der Waals surface area contributed by atoms with Crippen molar-refractivity contribution in [3.8, 4) is 0 Å². The molecule has 1 fully saturated rings. The molecule has 0 aromatic rings. The van der Waals surface area contributed by atoms with Crippen molar-refractivity contribution in [1.29, 1.82) is 0 Å². The highest BCUT2D eigenvalue weighted by Crippen LogP contribution is 2.36. The van der Waals surface area contributed by atoms with Crippen LogP contribution in [0.15, 0.2) is 0 Å². The Bertz CT molecular complexity index is 190. The van der Waals surface area contributed by atoms with Crippen LogP contribution in [0.25, 0.3) is 0 Å². The van der Waals surface area contributed by atoms with Gasteiger partial charge in [0.2, 0.25) is 0 Å². The minimum atomic E-state index is 0.157. The van der Waals surface area contributed by atoms with Crippen molar-refractivity contribution in [1.82, 2.24) is 0 Å². The van der Waals surface area contributed by atoms with E-state index in [1.54, 1.807) is 0 Å². The Labute approximate surface area is 102 Å². The molecule has 0 spiro atoms. The summed E-state index contributed by atoms with van der Waals surface area (Å²) in [5.74, 6) is 1.92. The smallest absolute Gasteiger partial charge is 0.0151 e. The van der Waals surface area contributed by atoms with Crippen LogP contribution in [0.1, 0.15) is 78.6 Å². The zero-order chi connectivity index (χ0) is 12.0. The van der Waals surface area contributed by atoms with Crippen molar-refractivity contribution in [2.75, 3.05) is 0 Å². The molecule has 0 aromatic carbocycles. The molecule has 1 aliphatic rings. The van der Waals surface area contributed by atoms with Gasteiger partial charge < -0.3 is 5.73 Å². The highest BCUT2D eigenvalue weighted by molar-refractivity contribution is 4.87. The van der Waals surface area contributed by atoms with E-state index in [4.69, 9.17) is 5.73 Å². The third kappa shape index (κ3) is 3.76. The van der Waals surface area contributed by atoms with Crippen molar-refractivity contribution in [2.45, 2.75) is 84.1 Å². The summed E-state index contributed by atoms with van der Waals surface area (Å²) in [7, 11) is 0. The van der Waals surface area contributed by atoms with Crippen LogP contribution in [-0.2, 0) is 0 Å². The summed E-state index contributed by atoms with van der Waals surface area (Å²) in [4.78, 5) is 0. The lowest BCUT2D eigenvalue weighted by atomic mass is 9.73. The predicted molar refractivity (Wildman–Crippen MR) is 72.5 cm³/mol. The number of hydrogen-bond acceptors (Lipinski definition) is 1. The molecule has 0 aliphatic heterocycles. The van der Waals surface area contributed by atoms with Gasteiger partial charge in [-0.25, -0.2) is 0 Å². The van der Waals surface area contributed by atoms with Crippen molar-refractivity contribution >= 4 is 0 Å². The maximum atomic E-state index is 6.47. The number of rotatable bonds is 4. The first-order chi connectivity index (χ1) is 7.65. The fourth-order valence-corrected chi connectivity index (χ4v) is 3.43. The molecular formula is C15H31N. The molecule has 0 radical (unpaired) electrons. The zero-order valence-corrected chi connectivity index (χ0v) is 11.6. The summed E-state index contributed by atoms with van der Waals surface area (Å²) in [6, 6.07) is 0. The first-order valence-electron chi connectivity index (χ1n) is 7.44. The van der Waals surface area contributed by atoms with E-state index < -0.39 is 0 Å². The van der Waals surface area contributed by atoms with Gasteiger partial charge in [0.15, 0.2) is 0 Å². The van der Waals surface area contributed by atoms with Gasteiger partial charge in [0, 0.05) is 5.54 Å². The summed E-state index contributed by atoms with van der Waals surface area (Å²) in [6.07, 6.45) is 11.9. The van der Waals surface area contributed by atoms with E-state index in [2.05, 4.69) is 20.8 Å². The summed E-state index contributed by atoms with van der Waals surface area (Å²) in [5, 5.41) is 0. The molecule has 0 aromatic heterocycles. The zero-order valence-electron chi connectivity index (χ0n) is 11.6. The molecule has 16 heavy (non-hydrogen) atoms. The predicted octanol–water partition coefficient (Wildman–Crippen LogP) is 4.50. The van der Waals surface area contributed by atoms with Gasteiger partial charge in [-0.3, -0.25) is 0 Å². The van der Waals surface area contributed by atoms with E-state index in [0.717, 1.165) is 18.3 Å². The molecule has 1 saturated carbocycles. The van der Waals surface area contributed by atoms with Crippen LogP contribution in [0, 0.1) is 11.8 Å². The normalized spacial score (nSPS) is 36.8. The summed E-state index contributed by atoms with van der Waals surface area (Å²) in [5.41, 5.74) is 6.63. The highest BCUT2D eigenvalue weighted by atomic mass is 14.7. The van der Waals surface area contributed by atoms with Gasteiger partial charge in [0.25, 0.3) is 0 Å². The second-order valence-corrected chi connectivity index (χ2v) is 5.86. The number of hydrogen-bond donors (Lipinski definition) is 1. The van der Waals surface area contributed by atoms with Crippen LogP contribution < -0.4 is 5.73 Å². The quantitative estimate of drug-likeness (QED) is 0.749. The molecule has 1 nitrogen and oxygen atoms in total. The molecule has 0 heterocycles. The average Bonchev–Trinajstić information content (AvgIpc) is 2.28. The second-order valence-electron chi connectivity index (χ2n) is 5.86. The minimum Gasteiger partial charge on any atom is -0.325 e. The molecular weight excluding hydrogens is 194 g/mol. The van der Waals surface area contributed by atoms with E-state index in [9.17, 15) is 0 Å². The molecule has 1 aliphatic carbocycles. The van der Waals surface area contributed by atoms with Gasteiger partial charge >= 0.3 is 0 Å². The van der Waals surface area contributed by atoms with E-state index in [1.165, 1.54) is 51.4 Å². The minimum absolute atomic E-state index is 0.157. The topological polar surface area (TPSA) is 26.0 Å². The van der Waals surface area contributed by atoms with Crippen LogP contribution in [0.3, 0.4) is 0 Å². The molecule has 2 N–H and O–H groups in total. The Hall–Kier alpha value is -0.0400. The maximum absolute atomic E-state index is 6.47. The van der Waals surface area contributed by atoms with Crippen molar-refractivity contribution in [2.24, 2.45) is 17.6 Å². The Morgan fingerprint density at radius 3 is 2.38 bits per heavy atom. The molecule has 1 rings (SSSR count). The maximum Gasteiger partial charge on any atom is 0.0151 e. The number of nitrogens with two attached hydrogens (primary N) is 1. The monoisotopic (exact) mass is 225 g/mol. The Kier molecular flexibility index (Phi) is 5.82. The molecule has 0 amide bonds. The lowest BCUT2D eigenvalue weighted by Crippen LogP contribution is -2.41. The van der Waals surface area contributed by atoms with Crippen LogP contribution in [-0.4, -0.2) is 5.54 Å². The second kappa shape index (κ2) is 6.64. The van der Waals surface area contributed by atoms with Crippen molar-refractivity contribution in [3.05, 3.63) is 0 Å². The van der Waals surface area contributed by atoms with Crippen LogP contribution in [0.4, 0.5) is 0 Å². The van der Waals surface area contributed by atoms with E-state index >= 15 is 0 Å². The first-order valence-corrected chi connectivity index (χ1v) is 7.44.